The number of ether oxygens (including phenoxy) is 4. The van der Waals surface area contributed by atoms with Gasteiger partial charge >= 0.3 is 18.3 Å². The van der Waals surface area contributed by atoms with Gasteiger partial charge < -0.3 is 29.2 Å². The van der Waals surface area contributed by atoms with Crippen molar-refractivity contribution in [2.75, 3.05) is 31.6 Å². The standard InChI is InChI=1S/C49H47N9O15S/c1-70-41-20-8-34(9-21-41)30-74-42-24-43(54(26-42)48(62)72-28-32-4-14-39(15-5-32)57(66)67)45(60)53-23-22-36(25-53)51-44(59)35-10-18-37(19-11-35)55(49(63)73-29-33-6-16-40(17-7-33)58(68)69)46(50)52-47(61)71-27-31-2-12-38(13-3-31)56(64)65/h2-21,36,42-43H,22-30H2,1H3,(H,51,59)(H2,50,52,61)/t36-,42-,43-/m0/s1. The van der Waals surface area contributed by atoms with Crippen molar-refractivity contribution in [1.82, 2.24) is 20.4 Å². The molecule has 2 aliphatic heterocycles. The minimum absolute atomic E-state index is 0.0265. The van der Waals surface area contributed by atoms with E-state index in [0.29, 0.717) is 45.9 Å². The number of nitrogens with zero attached hydrogens (tertiary/aromatic N) is 6. The molecule has 3 N–H and O–H groups in total. The minimum atomic E-state index is -1.16. The van der Waals surface area contributed by atoms with Crippen molar-refractivity contribution in [2.45, 2.75) is 55.7 Å². The Kier molecular flexibility index (Phi) is 17.3. The molecule has 0 bridgehead atoms. The Morgan fingerprint density at radius 2 is 1.20 bits per heavy atom. The molecule has 3 atom stereocenters. The Balaban J connectivity index is 0.983. The molecule has 0 spiro atoms. The summed E-state index contributed by atoms with van der Waals surface area (Å²) in [5, 5.41) is 46.8. The van der Waals surface area contributed by atoms with Crippen molar-refractivity contribution >= 4 is 70.6 Å². The Morgan fingerprint density at radius 1 is 0.689 bits per heavy atom. The summed E-state index contributed by atoms with van der Waals surface area (Å²) in [4.78, 5) is 103. The van der Waals surface area contributed by atoms with Crippen LogP contribution in [0, 0.1) is 35.8 Å². The molecule has 2 saturated heterocycles. The van der Waals surface area contributed by atoms with Crippen molar-refractivity contribution in [3.8, 4) is 5.75 Å². The highest BCUT2D eigenvalue weighted by atomic mass is 32.2. The topological polar surface area (TPSA) is 309 Å². The van der Waals surface area contributed by atoms with Crippen LogP contribution in [0.5, 0.6) is 5.75 Å². The molecular weight excluding hydrogens is 987 g/mol. The van der Waals surface area contributed by atoms with Crippen LogP contribution < -0.4 is 20.3 Å². The molecule has 2 fully saturated rings. The van der Waals surface area contributed by atoms with Crippen LogP contribution >= 0.6 is 11.8 Å². The number of carbonyl (C=O) groups is 5. The van der Waals surface area contributed by atoms with Gasteiger partial charge in [0, 0.05) is 78.6 Å². The fourth-order valence-electron chi connectivity index (χ4n) is 7.85. The van der Waals surface area contributed by atoms with Crippen LogP contribution in [0.3, 0.4) is 0 Å². The second kappa shape index (κ2) is 24.3. The summed E-state index contributed by atoms with van der Waals surface area (Å²) < 4.78 is 21.5. The van der Waals surface area contributed by atoms with Gasteiger partial charge in [-0.3, -0.25) is 55.6 Å². The van der Waals surface area contributed by atoms with Crippen LogP contribution in [0.15, 0.2) is 121 Å². The molecule has 5 amide bonds. The number of rotatable bonds is 17. The second-order valence-corrected chi connectivity index (χ2v) is 18.0. The lowest BCUT2D eigenvalue weighted by Crippen LogP contribution is -2.48. The predicted molar refractivity (Wildman–Crippen MR) is 265 cm³/mol. The van der Waals surface area contributed by atoms with Gasteiger partial charge in [0.1, 0.15) is 31.6 Å². The average Bonchev–Trinajstić information content (AvgIpc) is 4.07. The number of hydrogen-bond acceptors (Lipinski definition) is 17. The minimum Gasteiger partial charge on any atom is -0.497 e. The van der Waals surface area contributed by atoms with Crippen molar-refractivity contribution in [2.24, 2.45) is 0 Å². The normalized spacial score (nSPS) is 15.8. The molecule has 0 radical (unpaired) electrons. The zero-order valence-corrected chi connectivity index (χ0v) is 40.2. The maximum absolute atomic E-state index is 14.2. The number of amides is 5. The number of alkyl carbamates (subject to hydrolysis) is 1. The van der Waals surface area contributed by atoms with E-state index in [2.05, 4.69) is 10.6 Å². The number of nitro groups is 3. The van der Waals surface area contributed by atoms with E-state index < -0.39 is 57.0 Å². The predicted octanol–water partition coefficient (Wildman–Crippen LogP) is 7.47. The first kappa shape index (κ1) is 52.7. The molecule has 0 aliphatic carbocycles. The first-order valence-electron chi connectivity index (χ1n) is 22.6. The Morgan fingerprint density at radius 3 is 1.73 bits per heavy atom. The molecule has 0 unspecified atom stereocenters. The van der Waals surface area contributed by atoms with Gasteiger partial charge in [-0.05, 0) is 108 Å². The van der Waals surface area contributed by atoms with Gasteiger partial charge in [0.15, 0.2) is 0 Å². The number of nitrogens with one attached hydrogen (secondary N) is 3. The maximum Gasteiger partial charge on any atom is 0.421 e. The number of methoxy groups -OCH3 is 1. The summed E-state index contributed by atoms with van der Waals surface area (Å²) >= 11 is 1.59. The lowest BCUT2D eigenvalue weighted by molar-refractivity contribution is -0.385. The van der Waals surface area contributed by atoms with E-state index in [1.165, 1.54) is 102 Å². The summed E-state index contributed by atoms with van der Waals surface area (Å²) in [5.41, 5.74) is 1.94. The number of non-ortho nitro benzene ring substituents is 3. The van der Waals surface area contributed by atoms with Crippen molar-refractivity contribution < 1.29 is 57.7 Å². The number of thioether (sulfide) groups is 1. The molecule has 5 aromatic rings. The number of nitro benzene ring substituents is 3. The third kappa shape index (κ3) is 13.8. The van der Waals surface area contributed by atoms with Gasteiger partial charge in [-0.1, -0.05) is 12.1 Å². The van der Waals surface area contributed by atoms with E-state index in [0.717, 1.165) is 5.56 Å². The highest BCUT2D eigenvalue weighted by Crippen LogP contribution is 2.33. The second-order valence-electron chi connectivity index (χ2n) is 16.7. The van der Waals surface area contributed by atoms with E-state index in [4.69, 9.17) is 24.4 Å². The number of likely N-dealkylation sites (tertiary alicyclic amines) is 2. The number of anilines is 1. The molecule has 7 rings (SSSR count). The highest BCUT2D eigenvalue weighted by molar-refractivity contribution is 7.99. The van der Waals surface area contributed by atoms with Crippen molar-refractivity contribution in [3.05, 3.63) is 179 Å². The number of hydrogen-bond donors (Lipinski definition) is 3. The zero-order valence-electron chi connectivity index (χ0n) is 39.4. The van der Waals surface area contributed by atoms with Gasteiger partial charge in [-0.25, -0.2) is 19.3 Å². The maximum atomic E-state index is 14.2. The van der Waals surface area contributed by atoms with E-state index in [1.807, 2.05) is 24.3 Å². The summed E-state index contributed by atoms with van der Waals surface area (Å²) in [6.07, 6.45) is -2.31. The largest absolute Gasteiger partial charge is 0.497 e. The van der Waals surface area contributed by atoms with Crippen LogP contribution in [0.1, 0.15) is 45.5 Å². The summed E-state index contributed by atoms with van der Waals surface area (Å²) in [5.74, 6) is -0.353. The fraction of sp³-hybridized carbons (Fsp3) is 0.265. The quantitative estimate of drug-likeness (QED) is 0.0267. The molecule has 24 nitrogen and oxygen atoms in total. The molecular formula is C49H47N9O15S. The van der Waals surface area contributed by atoms with Gasteiger partial charge in [0.25, 0.3) is 23.0 Å². The Labute approximate surface area is 425 Å². The zero-order chi connectivity index (χ0) is 52.9. The molecule has 2 aliphatic rings. The highest BCUT2D eigenvalue weighted by Gasteiger charge is 2.44. The molecule has 0 aromatic heterocycles. The monoisotopic (exact) mass is 1030 g/mol. The molecule has 384 valence electrons. The van der Waals surface area contributed by atoms with Crippen LogP contribution in [0.4, 0.5) is 37.1 Å². The lowest BCUT2D eigenvalue weighted by Gasteiger charge is -2.27. The Bertz CT molecular complexity index is 2890. The average molecular weight is 1030 g/mol. The summed E-state index contributed by atoms with van der Waals surface area (Å²) in [6.45, 7) is -0.275. The van der Waals surface area contributed by atoms with Gasteiger partial charge in [-0.2, -0.15) is 11.8 Å². The van der Waals surface area contributed by atoms with Gasteiger partial charge in [-0.15, -0.1) is 0 Å². The first-order valence-corrected chi connectivity index (χ1v) is 23.7. The molecule has 0 saturated carbocycles. The van der Waals surface area contributed by atoms with Crippen molar-refractivity contribution in [3.63, 3.8) is 0 Å². The third-order valence-electron chi connectivity index (χ3n) is 11.8. The van der Waals surface area contributed by atoms with Crippen LogP contribution in [-0.2, 0) is 44.6 Å². The summed E-state index contributed by atoms with van der Waals surface area (Å²) in [7, 11) is 1.58. The first-order chi connectivity index (χ1) is 35.5. The SMILES string of the molecule is COc1ccc(CS[C@H]2C[C@@H](C(=O)N3CC[C@H](NC(=O)c4ccc(N(C(=N)NC(=O)OCc5ccc([N+](=O)[O-])cc5)C(=O)OCc5ccc([N+](=O)[O-])cc5)cc4)C3)N(C(=O)OCc3ccc([N+](=O)[O-])cc3)C2)cc1. The smallest absolute Gasteiger partial charge is 0.421 e. The number of benzene rings is 5. The van der Waals surface area contributed by atoms with Gasteiger partial charge in [0.2, 0.25) is 11.9 Å². The molecule has 2 heterocycles. The van der Waals surface area contributed by atoms with Crippen molar-refractivity contribution in [1.29, 1.82) is 5.41 Å². The van der Waals surface area contributed by atoms with E-state index in [9.17, 15) is 54.3 Å². The van der Waals surface area contributed by atoms with Gasteiger partial charge in [0.05, 0.1) is 27.6 Å². The summed E-state index contributed by atoms with van der Waals surface area (Å²) in [6, 6.07) is 27.5. The Hall–Kier alpha value is -9.13. The third-order valence-corrected chi connectivity index (χ3v) is 13.1. The number of guanidine groups is 1. The molecule has 5 aromatic carbocycles. The van der Waals surface area contributed by atoms with E-state index >= 15 is 0 Å². The molecule has 74 heavy (non-hydrogen) atoms. The molecule has 25 heteroatoms. The number of carbonyl (C=O) groups excluding carboxylic acids is 5. The fourth-order valence-corrected chi connectivity index (χ4v) is 9.06. The van der Waals surface area contributed by atoms with Crippen LogP contribution in [0.2, 0.25) is 0 Å². The van der Waals surface area contributed by atoms with E-state index in [1.54, 1.807) is 23.8 Å². The lowest BCUT2D eigenvalue weighted by atomic mass is 10.1. The van der Waals surface area contributed by atoms with Crippen LogP contribution in [-0.4, -0.2) is 105 Å². The van der Waals surface area contributed by atoms with Crippen LogP contribution in [0.25, 0.3) is 0 Å². The van der Waals surface area contributed by atoms with E-state index in [-0.39, 0.29) is 78.9 Å².